The number of aromatic nitrogens is 2. The van der Waals surface area contributed by atoms with Crippen molar-refractivity contribution in [3.63, 3.8) is 0 Å². The molecule has 1 unspecified atom stereocenters. The van der Waals surface area contributed by atoms with E-state index in [4.69, 9.17) is 4.74 Å². The molecule has 1 saturated heterocycles. The SMILES string of the molecule is O=C(NCC1CN(Cc2ccccc2)C(=O)CO1)c1ccncn1. The van der Waals surface area contributed by atoms with Crippen molar-refractivity contribution in [2.24, 2.45) is 0 Å². The lowest BCUT2D eigenvalue weighted by molar-refractivity contribution is -0.149. The number of nitrogens with zero attached hydrogens (tertiary/aromatic N) is 3. The van der Waals surface area contributed by atoms with Crippen LogP contribution in [0.5, 0.6) is 0 Å². The summed E-state index contributed by atoms with van der Waals surface area (Å²) in [6.07, 6.45) is 2.60. The summed E-state index contributed by atoms with van der Waals surface area (Å²) in [6, 6.07) is 11.3. The minimum absolute atomic E-state index is 0.0286. The van der Waals surface area contributed by atoms with Crippen LogP contribution < -0.4 is 5.32 Å². The van der Waals surface area contributed by atoms with Gasteiger partial charge in [0, 0.05) is 25.8 Å². The van der Waals surface area contributed by atoms with E-state index in [2.05, 4.69) is 15.3 Å². The molecular weight excluding hydrogens is 308 g/mol. The Kier molecular flexibility index (Phi) is 5.12. The standard InChI is InChI=1S/C17H18N4O3/c22-16-11-24-14(8-19-17(23)15-6-7-18-12-20-15)10-21(16)9-13-4-2-1-3-5-13/h1-7,12,14H,8-11H2,(H,19,23). The average Bonchev–Trinajstić information content (AvgIpc) is 2.63. The Morgan fingerprint density at radius 3 is 2.88 bits per heavy atom. The Morgan fingerprint density at radius 2 is 2.12 bits per heavy atom. The Bertz CT molecular complexity index is 693. The quantitative estimate of drug-likeness (QED) is 0.871. The third kappa shape index (κ3) is 4.14. The van der Waals surface area contributed by atoms with Crippen LogP contribution in [0.25, 0.3) is 0 Å². The Hall–Kier alpha value is -2.80. The van der Waals surface area contributed by atoms with Crippen molar-refractivity contribution < 1.29 is 14.3 Å². The molecule has 1 aliphatic rings. The van der Waals surface area contributed by atoms with E-state index in [0.29, 0.717) is 25.3 Å². The van der Waals surface area contributed by atoms with E-state index in [1.54, 1.807) is 11.0 Å². The van der Waals surface area contributed by atoms with Crippen molar-refractivity contribution in [3.8, 4) is 0 Å². The van der Waals surface area contributed by atoms with E-state index in [1.165, 1.54) is 12.5 Å². The van der Waals surface area contributed by atoms with Crippen molar-refractivity contribution in [1.29, 1.82) is 0 Å². The summed E-state index contributed by atoms with van der Waals surface area (Å²) in [5, 5.41) is 2.78. The van der Waals surface area contributed by atoms with Crippen LogP contribution in [-0.4, -0.2) is 52.5 Å². The van der Waals surface area contributed by atoms with Crippen LogP contribution >= 0.6 is 0 Å². The lowest BCUT2D eigenvalue weighted by atomic mass is 10.2. The molecule has 7 nitrogen and oxygen atoms in total. The van der Waals surface area contributed by atoms with E-state index in [9.17, 15) is 9.59 Å². The number of hydrogen-bond acceptors (Lipinski definition) is 5. The van der Waals surface area contributed by atoms with Crippen LogP contribution in [0.15, 0.2) is 48.9 Å². The lowest BCUT2D eigenvalue weighted by Crippen LogP contribution is -2.50. The van der Waals surface area contributed by atoms with Crippen LogP contribution in [0.4, 0.5) is 0 Å². The van der Waals surface area contributed by atoms with Crippen molar-refractivity contribution in [1.82, 2.24) is 20.2 Å². The first kappa shape index (κ1) is 16.1. The largest absolute Gasteiger partial charge is 0.365 e. The molecule has 2 aromatic rings. The molecule has 1 aliphatic heterocycles. The molecule has 0 saturated carbocycles. The Morgan fingerprint density at radius 1 is 1.29 bits per heavy atom. The van der Waals surface area contributed by atoms with Gasteiger partial charge in [0.25, 0.3) is 5.91 Å². The molecule has 0 spiro atoms. The molecule has 0 radical (unpaired) electrons. The maximum Gasteiger partial charge on any atom is 0.270 e. The van der Waals surface area contributed by atoms with Gasteiger partial charge in [0.15, 0.2) is 0 Å². The predicted octanol–water partition coefficient (Wildman–Crippen LogP) is 0.634. The van der Waals surface area contributed by atoms with E-state index >= 15 is 0 Å². The Labute approximate surface area is 139 Å². The van der Waals surface area contributed by atoms with Crippen molar-refractivity contribution in [3.05, 3.63) is 60.2 Å². The van der Waals surface area contributed by atoms with Gasteiger partial charge >= 0.3 is 0 Å². The molecule has 124 valence electrons. The van der Waals surface area contributed by atoms with Gasteiger partial charge in [-0.3, -0.25) is 9.59 Å². The number of carbonyl (C=O) groups excluding carboxylic acids is 2. The minimum atomic E-state index is -0.285. The van der Waals surface area contributed by atoms with E-state index in [0.717, 1.165) is 5.56 Å². The molecule has 1 atom stereocenters. The molecule has 3 rings (SSSR count). The molecule has 1 N–H and O–H groups in total. The van der Waals surface area contributed by atoms with Crippen molar-refractivity contribution in [2.45, 2.75) is 12.6 Å². The van der Waals surface area contributed by atoms with Crippen molar-refractivity contribution >= 4 is 11.8 Å². The van der Waals surface area contributed by atoms with Gasteiger partial charge in [-0.2, -0.15) is 0 Å². The number of carbonyl (C=O) groups is 2. The number of ether oxygens (including phenoxy) is 1. The van der Waals surface area contributed by atoms with E-state index in [1.807, 2.05) is 30.3 Å². The van der Waals surface area contributed by atoms with Crippen LogP contribution in [0, 0.1) is 0 Å². The number of amides is 2. The summed E-state index contributed by atoms with van der Waals surface area (Å²) < 4.78 is 5.51. The molecule has 24 heavy (non-hydrogen) atoms. The second-order valence-electron chi connectivity index (χ2n) is 5.50. The van der Waals surface area contributed by atoms with E-state index < -0.39 is 0 Å². The highest BCUT2D eigenvalue weighted by Crippen LogP contribution is 2.11. The van der Waals surface area contributed by atoms with Crippen LogP contribution in [0.2, 0.25) is 0 Å². The first-order valence-corrected chi connectivity index (χ1v) is 7.70. The monoisotopic (exact) mass is 326 g/mol. The van der Waals surface area contributed by atoms with Crippen LogP contribution in [-0.2, 0) is 16.1 Å². The molecule has 0 bridgehead atoms. The molecule has 7 heteroatoms. The predicted molar refractivity (Wildman–Crippen MR) is 86.0 cm³/mol. The van der Waals surface area contributed by atoms with Crippen LogP contribution in [0.3, 0.4) is 0 Å². The van der Waals surface area contributed by atoms with Gasteiger partial charge in [0.05, 0.1) is 6.10 Å². The van der Waals surface area contributed by atoms with Crippen molar-refractivity contribution in [2.75, 3.05) is 19.7 Å². The molecular formula is C17H18N4O3. The van der Waals surface area contributed by atoms with Gasteiger partial charge < -0.3 is 15.0 Å². The smallest absolute Gasteiger partial charge is 0.270 e. The third-order valence-electron chi connectivity index (χ3n) is 3.74. The minimum Gasteiger partial charge on any atom is -0.365 e. The molecule has 1 aromatic carbocycles. The fourth-order valence-corrected chi connectivity index (χ4v) is 2.48. The highest BCUT2D eigenvalue weighted by atomic mass is 16.5. The third-order valence-corrected chi connectivity index (χ3v) is 3.74. The normalized spacial score (nSPS) is 17.6. The molecule has 2 amide bonds. The van der Waals surface area contributed by atoms with Gasteiger partial charge in [-0.25, -0.2) is 9.97 Å². The molecule has 1 fully saturated rings. The average molecular weight is 326 g/mol. The summed E-state index contributed by atoms with van der Waals surface area (Å²) in [4.78, 5) is 33.4. The van der Waals surface area contributed by atoms with E-state index in [-0.39, 0.29) is 24.5 Å². The number of nitrogens with one attached hydrogen (secondary N) is 1. The number of hydrogen-bond donors (Lipinski definition) is 1. The van der Waals surface area contributed by atoms with Gasteiger partial charge in [-0.1, -0.05) is 30.3 Å². The van der Waals surface area contributed by atoms with Gasteiger partial charge in [-0.05, 0) is 11.6 Å². The van der Waals surface area contributed by atoms with Gasteiger partial charge in [0.1, 0.15) is 18.6 Å². The van der Waals surface area contributed by atoms with Gasteiger partial charge in [-0.15, -0.1) is 0 Å². The second kappa shape index (κ2) is 7.65. The highest BCUT2D eigenvalue weighted by molar-refractivity contribution is 5.92. The first-order chi connectivity index (χ1) is 11.7. The fraction of sp³-hybridized carbons (Fsp3) is 0.294. The fourth-order valence-electron chi connectivity index (χ4n) is 2.48. The summed E-state index contributed by atoms with van der Waals surface area (Å²) in [5.41, 5.74) is 1.37. The number of benzene rings is 1. The van der Waals surface area contributed by atoms with Gasteiger partial charge in [0.2, 0.25) is 5.91 Å². The summed E-state index contributed by atoms with van der Waals surface area (Å²) >= 11 is 0. The zero-order valence-electron chi connectivity index (χ0n) is 13.1. The molecule has 1 aromatic heterocycles. The Balaban J connectivity index is 1.53. The maximum absolute atomic E-state index is 12.0. The summed E-state index contributed by atoms with van der Waals surface area (Å²) in [5.74, 6) is -0.329. The summed E-state index contributed by atoms with van der Waals surface area (Å²) in [7, 11) is 0. The maximum atomic E-state index is 12.0. The topological polar surface area (TPSA) is 84.4 Å². The first-order valence-electron chi connectivity index (χ1n) is 7.70. The lowest BCUT2D eigenvalue weighted by Gasteiger charge is -2.32. The molecule has 2 heterocycles. The number of morpholine rings is 1. The van der Waals surface area contributed by atoms with Crippen LogP contribution in [0.1, 0.15) is 16.1 Å². The highest BCUT2D eigenvalue weighted by Gasteiger charge is 2.26. The number of rotatable bonds is 5. The molecule has 0 aliphatic carbocycles. The zero-order chi connectivity index (χ0) is 16.8. The second-order valence-corrected chi connectivity index (χ2v) is 5.50. The zero-order valence-corrected chi connectivity index (χ0v) is 13.1. The summed E-state index contributed by atoms with van der Waals surface area (Å²) in [6.45, 7) is 1.33.